The molecule has 3 rings (SSSR count). The van der Waals surface area contributed by atoms with Gasteiger partial charge >= 0.3 is 0 Å². The van der Waals surface area contributed by atoms with Gasteiger partial charge < -0.3 is 5.32 Å². The van der Waals surface area contributed by atoms with Crippen molar-refractivity contribution < 1.29 is 4.39 Å². The molecule has 2 aromatic carbocycles. The van der Waals surface area contributed by atoms with Crippen molar-refractivity contribution in [2.75, 3.05) is 13.1 Å². The first-order chi connectivity index (χ1) is 9.81. The molecule has 2 heteroatoms. The van der Waals surface area contributed by atoms with Crippen LogP contribution in [0, 0.1) is 5.82 Å². The molecule has 1 aliphatic rings. The SMILES string of the molecule is Fc1ccc(Cc2cccc(C3CCNCC3)c2)cc1. The number of nitrogens with one attached hydrogen (secondary N) is 1. The van der Waals surface area contributed by atoms with E-state index < -0.39 is 0 Å². The number of rotatable bonds is 3. The summed E-state index contributed by atoms with van der Waals surface area (Å²) in [5.74, 6) is 0.515. The number of hydrogen-bond acceptors (Lipinski definition) is 1. The topological polar surface area (TPSA) is 12.0 Å². The lowest BCUT2D eigenvalue weighted by molar-refractivity contribution is 0.460. The number of piperidine rings is 1. The van der Waals surface area contributed by atoms with Gasteiger partial charge in [-0.2, -0.15) is 0 Å². The van der Waals surface area contributed by atoms with Gasteiger partial charge in [0.2, 0.25) is 0 Å². The minimum absolute atomic E-state index is 0.169. The zero-order valence-electron chi connectivity index (χ0n) is 11.6. The molecule has 104 valence electrons. The Hall–Kier alpha value is -1.67. The summed E-state index contributed by atoms with van der Waals surface area (Å²) in [6, 6.07) is 15.7. The number of hydrogen-bond donors (Lipinski definition) is 1. The normalized spacial score (nSPS) is 16.2. The van der Waals surface area contributed by atoms with Gasteiger partial charge in [-0.3, -0.25) is 0 Å². The van der Waals surface area contributed by atoms with Gasteiger partial charge in [0.05, 0.1) is 0 Å². The Morgan fingerprint density at radius 2 is 1.70 bits per heavy atom. The van der Waals surface area contributed by atoms with Crippen LogP contribution in [0.5, 0.6) is 0 Å². The monoisotopic (exact) mass is 269 g/mol. The average molecular weight is 269 g/mol. The third-order valence-corrected chi connectivity index (χ3v) is 4.08. The van der Waals surface area contributed by atoms with Crippen LogP contribution in [-0.2, 0) is 6.42 Å². The van der Waals surface area contributed by atoms with Crippen molar-refractivity contribution in [2.24, 2.45) is 0 Å². The Morgan fingerprint density at radius 3 is 2.45 bits per heavy atom. The average Bonchev–Trinajstić information content (AvgIpc) is 2.51. The molecule has 0 saturated carbocycles. The molecule has 0 radical (unpaired) electrons. The maximum absolute atomic E-state index is 12.9. The molecule has 1 saturated heterocycles. The van der Waals surface area contributed by atoms with Gasteiger partial charge in [-0.05, 0) is 67.1 Å². The highest BCUT2D eigenvalue weighted by Gasteiger charge is 2.15. The van der Waals surface area contributed by atoms with Crippen molar-refractivity contribution in [2.45, 2.75) is 25.2 Å². The standard InChI is InChI=1S/C18H20FN/c19-18-6-4-14(5-7-18)12-15-2-1-3-17(13-15)16-8-10-20-11-9-16/h1-7,13,16,20H,8-12H2. The van der Waals surface area contributed by atoms with Crippen LogP contribution in [0.15, 0.2) is 48.5 Å². The van der Waals surface area contributed by atoms with Crippen molar-refractivity contribution in [3.63, 3.8) is 0 Å². The Bertz CT molecular complexity index is 556. The first-order valence-corrected chi connectivity index (χ1v) is 7.35. The number of benzene rings is 2. The first-order valence-electron chi connectivity index (χ1n) is 7.35. The van der Waals surface area contributed by atoms with E-state index >= 15 is 0 Å². The van der Waals surface area contributed by atoms with Crippen LogP contribution in [0.3, 0.4) is 0 Å². The molecule has 0 aliphatic carbocycles. The quantitative estimate of drug-likeness (QED) is 0.891. The molecule has 20 heavy (non-hydrogen) atoms. The summed E-state index contributed by atoms with van der Waals surface area (Å²) in [6.45, 7) is 2.24. The third-order valence-electron chi connectivity index (χ3n) is 4.08. The summed E-state index contributed by atoms with van der Waals surface area (Å²) in [6.07, 6.45) is 3.32. The fourth-order valence-electron chi connectivity index (χ4n) is 2.95. The van der Waals surface area contributed by atoms with Crippen LogP contribution in [0.1, 0.15) is 35.4 Å². The van der Waals surface area contributed by atoms with Crippen molar-refractivity contribution in [1.82, 2.24) is 5.32 Å². The second kappa shape index (κ2) is 6.19. The van der Waals surface area contributed by atoms with E-state index in [9.17, 15) is 4.39 Å². The molecule has 2 aromatic rings. The van der Waals surface area contributed by atoms with E-state index in [-0.39, 0.29) is 5.82 Å². The van der Waals surface area contributed by atoms with Crippen molar-refractivity contribution in [1.29, 1.82) is 0 Å². The Labute approximate surface area is 119 Å². The van der Waals surface area contributed by atoms with E-state index in [0.717, 1.165) is 25.1 Å². The van der Waals surface area contributed by atoms with Crippen LogP contribution >= 0.6 is 0 Å². The molecule has 1 nitrogen and oxygen atoms in total. The van der Waals surface area contributed by atoms with E-state index in [1.165, 1.54) is 36.1 Å². The molecule has 1 fully saturated rings. The van der Waals surface area contributed by atoms with Gasteiger partial charge in [0.15, 0.2) is 0 Å². The van der Waals surface area contributed by atoms with Gasteiger partial charge in [-0.25, -0.2) is 4.39 Å². The molecular weight excluding hydrogens is 249 g/mol. The summed E-state index contributed by atoms with van der Waals surface area (Å²) >= 11 is 0. The highest BCUT2D eigenvalue weighted by Crippen LogP contribution is 2.26. The van der Waals surface area contributed by atoms with Crippen molar-refractivity contribution >= 4 is 0 Å². The van der Waals surface area contributed by atoms with Crippen molar-refractivity contribution in [3.8, 4) is 0 Å². The molecule has 0 atom stereocenters. The van der Waals surface area contributed by atoms with Crippen LogP contribution in [0.4, 0.5) is 4.39 Å². The predicted octanol–water partition coefficient (Wildman–Crippen LogP) is 3.88. The van der Waals surface area contributed by atoms with Crippen LogP contribution in [0.2, 0.25) is 0 Å². The lowest BCUT2D eigenvalue weighted by atomic mass is 9.88. The van der Waals surface area contributed by atoms with Crippen LogP contribution < -0.4 is 5.32 Å². The minimum Gasteiger partial charge on any atom is -0.317 e. The fraction of sp³-hybridized carbons (Fsp3) is 0.333. The molecule has 0 spiro atoms. The van der Waals surface area contributed by atoms with Gasteiger partial charge in [0.25, 0.3) is 0 Å². The fourth-order valence-corrected chi connectivity index (χ4v) is 2.95. The smallest absolute Gasteiger partial charge is 0.123 e. The first kappa shape index (κ1) is 13.3. The van der Waals surface area contributed by atoms with E-state index in [1.54, 1.807) is 0 Å². The summed E-state index contributed by atoms with van der Waals surface area (Å²) in [5.41, 5.74) is 3.92. The summed E-state index contributed by atoms with van der Waals surface area (Å²) in [4.78, 5) is 0. The lowest BCUT2D eigenvalue weighted by Gasteiger charge is -2.23. The zero-order chi connectivity index (χ0) is 13.8. The van der Waals surface area contributed by atoms with E-state index in [2.05, 4.69) is 29.6 Å². The maximum Gasteiger partial charge on any atom is 0.123 e. The molecule has 1 heterocycles. The maximum atomic E-state index is 12.9. The Balaban J connectivity index is 1.75. The van der Waals surface area contributed by atoms with Crippen LogP contribution in [-0.4, -0.2) is 13.1 Å². The second-order valence-electron chi connectivity index (χ2n) is 5.57. The molecule has 0 aromatic heterocycles. The number of halogens is 1. The van der Waals surface area contributed by atoms with Crippen molar-refractivity contribution in [3.05, 3.63) is 71.0 Å². The Morgan fingerprint density at radius 1 is 0.950 bits per heavy atom. The zero-order valence-corrected chi connectivity index (χ0v) is 11.6. The van der Waals surface area contributed by atoms with E-state index in [4.69, 9.17) is 0 Å². The summed E-state index contributed by atoms with van der Waals surface area (Å²) in [7, 11) is 0. The molecule has 0 bridgehead atoms. The molecule has 0 unspecified atom stereocenters. The van der Waals surface area contributed by atoms with Gasteiger partial charge in [0.1, 0.15) is 5.82 Å². The molecule has 0 amide bonds. The molecule has 1 N–H and O–H groups in total. The Kier molecular flexibility index (Phi) is 4.12. The van der Waals surface area contributed by atoms with Gasteiger partial charge in [-0.15, -0.1) is 0 Å². The summed E-state index contributed by atoms with van der Waals surface area (Å²) in [5, 5.41) is 3.41. The van der Waals surface area contributed by atoms with E-state index in [1.807, 2.05) is 12.1 Å². The molecular formula is C18H20FN. The van der Waals surface area contributed by atoms with E-state index in [0.29, 0.717) is 5.92 Å². The summed E-state index contributed by atoms with van der Waals surface area (Å²) < 4.78 is 12.9. The predicted molar refractivity (Wildman–Crippen MR) is 80.5 cm³/mol. The van der Waals surface area contributed by atoms with Gasteiger partial charge in [-0.1, -0.05) is 36.4 Å². The largest absolute Gasteiger partial charge is 0.317 e. The van der Waals surface area contributed by atoms with Gasteiger partial charge in [0, 0.05) is 0 Å². The molecule has 1 aliphatic heterocycles. The highest BCUT2D eigenvalue weighted by atomic mass is 19.1. The second-order valence-corrected chi connectivity index (χ2v) is 5.57. The highest BCUT2D eigenvalue weighted by molar-refractivity contribution is 5.31. The van der Waals surface area contributed by atoms with Crippen LogP contribution in [0.25, 0.3) is 0 Å². The third kappa shape index (κ3) is 3.26. The lowest BCUT2D eigenvalue weighted by Crippen LogP contribution is -2.26. The minimum atomic E-state index is -0.169.